The minimum Gasteiger partial charge on any atom is -0.486 e. The number of anilines is 2. The number of nitrogens with one attached hydrogen (secondary N) is 1. The first-order valence-electron chi connectivity index (χ1n) is 6.90. The van der Waals surface area contributed by atoms with Crippen LogP contribution in [0, 0.1) is 0 Å². The summed E-state index contributed by atoms with van der Waals surface area (Å²) >= 11 is 0. The normalized spacial score (nSPS) is 13.1. The summed E-state index contributed by atoms with van der Waals surface area (Å²) in [5.74, 6) is 1.57. The molecule has 4 nitrogen and oxygen atoms in total. The van der Waals surface area contributed by atoms with Crippen LogP contribution in [-0.4, -0.2) is 18.2 Å². The Kier molecular flexibility index (Phi) is 2.85. The molecule has 1 aliphatic heterocycles. The molecule has 0 radical (unpaired) electrons. The Morgan fingerprint density at radius 2 is 1.76 bits per heavy atom. The van der Waals surface area contributed by atoms with E-state index in [1.54, 1.807) is 6.20 Å². The molecule has 0 saturated carbocycles. The van der Waals surface area contributed by atoms with Gasteiger partial charge >= 0.3 is 0 Å². The molecule has 0 aliphatic carbocycles. The minimum atomic E-state index is 0.590. The number of benzene rings is 2. The van der Waals surface area contributed by atoms with Crippen molar-refractivity contribution in [2.45, 2.75) is 0 Å². The highest BCUT2D eigenvalue weighted by molar-refractivity contribution is 5.92. The molecule has 0 fully saturated rings. The van der Waals surface area contributed by atoms with Crippen LogP contribution in [0.5, 0.6) is 11.5 Å². The number of aromatic nitrogens is 1. The molecule has 0 amide bonds. The summed E-state index contributed by atoms with van der Waals surface area (Å²) in [7, 11) is 0. The number of para-hydroxylation sites is 1. The Balaban J connectivity index is 1.71. The summed E-state index contributed by atoms with van der Waals surface area (Å²) in [5, 5.41) is 4.51. The predicted molar refractivity (Wildman–Crippen MR) is 82.5 cm³/mol. The number of pyridine rings is 1. The van der Waals surface area contributed by atoms with E-state index in [1.807, 2.05) is 36.4 Å². The van der Waals surface area contributed by atoms with Crippen LogP contribution in [-0.2, 0) is 0 Å². The quantitative estimate of drug-likeness (QED) is 0.775. The highest BCUT2D eigenvalue weighted by atomic mass is 16.6. The van der Waals surface area contributed by atoms with Gasteiger partial charge in [0.15, 0.2) is 11.5 Å². The van der Waals surface area contributed by atoms with Gasteiger partial charge in [-0.2, -0.15) is 0 Å². The molecule has 2 heterocycles. The summed E-state index contributed by atoms with van der Waals surface area (Å²) in [5.41, 5.74) is 2.89. The maximum atomic E-state index is 5.61. The van der Waals surface area contributed by atoms with E-state index in [0.717, 1.165) is 33.8 Å². The zero-order valence-corrected chi connectivity index (χ0v) is 11.4. The van der Waals surface area contributed by atoms with E-state index in [-0.39, 0.29) is 0 Å². The molecular weight excluding hydrogens is 264 g/mol. The fourth-order valence-electron chi connectivity index (χ4n) is 2.48. The highest BCUT2D eigenvalue weighted by Crippen LogP contribution is 2.34. The summed E-state index contributed by atoms with van der Waals surface area (Å²) in [4.78, 5) is 4.45. The molecular formula is C17H14N2O2. The van der Waals surface area contributed by atoms with Crippen molar-refractivity contribution >= 4 is 22.3 Å². The van der Waals surface area contributed by atoms with Crippen LogP contribution in [0.4, 0.5) is 11.4 Å². The Hall–Kier alpha value is -2.75. The van der Waals surface area contributed by atoms with Gasteiger partial charge in [0, 0.05) is 23.3 Å². The van der Waals surface area contributed by atoms with Gasteiger partial charge in [0.25, 0.3) is 0 Å². The van der Waals surface area contributed by atoms with Crippen LogP contribution in [0.2, 0.25) is 0 Å². The minimum absolute atomic E-state index is 0.590. The maximum absolute atomic E-state index is 5.61. The van der Waals surface area contributed by atoms with Crippen molar-refractivity contribution in [2.75, 3.05) is 18.5 Å². The molecule has 3 aromatic rings. The van der Waals surface area contributed by atoms with E-state index in [9.17, 15) is 0 Å². The topological polar surface area (TPSA) is 43.4 Å². The number of rotatable bonds is 2. The average Bonchev–Trinajstić information content (AvgIpc) is 2.55. The molecule has 21 heavy (non-hydrogen) atoms. The molecule has 1 aromatic heterocycles. The zero-order valence-electron chi connectivity index (χ0n) is 11.4. The smallest absolute Gasteiger partial charge is 0.163 e. The van der Waals surface area contributed by atoms with Crippen molar-refractivity contribution in [1.82, 2.24) is 4.98 Å². The van der Waals surface area contributed by atoms with Gasteiger partial charge in [0.2, 0.25) is 0 Å². The van der Waals surface area contributed by atoms with E-state index < -0.39 is 0 Å². The first-order valence-corrected chi connectivity index (χ1v) is 6.90. The van der Waals surface area contributed by atoms with Crippen LogP contribution >= 0.6 is 0 Å². The van der Waals surface area contributed by atoms with Gasteiger partial charge in [-0.15, -0.1) is 0 Å². The van der Waals surface area contributed by atoms with Crippen LogP contribution in [0.25, 0.3) is 10.9 Å². The number of hydrogen-bond donors (Lipinski definition) is 1. The van der Waals surface area contributed by atoms with Crippen LogP contribution in [0.1, 0.15) is 0 Å². The van der Waals surface area contributed by atoms with E-state index in [2.05, 4.69) is 22.4 Å². The Morgan fingerprint density at radius 3 is 2.71 bits per heavy atom. The maximum Gasteiger partial charge on any atom is 0.163 e. The van der Waals surface area contributed by atoms with Crippen molar-refractivity contribution < 1.29 is 9.47 Å². The van der Waals surface area contributed by atoms with Crippen LogP contribution < -0.4 is 14.8 Å². The molecule has 1 N–H and O–H groups in total. The molecule has 4 heteroatoms. The summed E-state index contributed by atoms with van der Waals surface area (Å²) in [6, 6.07) is 15.9. The van der Waals surface area contributed by atoms with Gasteiger partial charge in [-0.25, -0.2) is 0 Å². The summed E-state index contributed by atoms with van der Waals surface area (Å²) in [6.07, 6.45) is 1.80. The second-order valence-electron chi connectivity index (χ2n) is 4.86. The Morgan fingerprint density at radius 1 is 0.905 bits per heavy atom. The van der Waals surface area contributed by atoms with Crippen molar-refractivity contribution in [2.24, 2.45) is 0 Å². The standard InChI is InChI=1S/C17H14N2O2/c1-3-12-4-2-8-18-17(12)14(5-1)19-13-6-7-15-16(11-13)21-10-9-20-15/h1-8,11,19H,9-10H2. The second-order valence-corrected chi connectivity index (χ2v) is 4.86. The van der Waals surface area contributed by atoms with Gasteiger partial charge in [0.1, 0.15) is 13.2 Å². The van der Waals surface area contributed by atoms with Crippen molar-refractivity contribution in [3.8, 4) is 11.5 Å². The monoisotopic (exact) mass is 278 g/mol. The fourth-order valence-corrected chi connectivity index (χ4v) is 2.48. The lowest BCUT2D eigenvalue weighted by Gasteiger charge is -2.19. The van der Waals surface area contributed by atoms with Crippen LogP contribution in [0.15, 0.2) is 54.7 Å². The van der Waals surface area contributed by atoms with E-state index in [4.69, 9.17) is 9.47 Å². The zero-order chi connectivity index (χ0) is 14.1. The molecule has 4 rings (SSSR count). The van der Waals surface area contributed by atoms with Gasteiger partial charge in [-0.1, -0.05) is 18.2 Å². The van der Waals surface area contributed by atoms with Crippen molar-refractivity contribution in [1.29, 1.82) is 0 Å². The lowest BCUT2D eigenvalue weighted by atomic mass is 10.2. The first kappa shape index (κ1) is 12.0. The lowest BCUT2D eigenvalue weighted by Crippen LogP contribution is -2.15. The van der Waals surface area contributed by atoms with Gasteiger partial charge in [-0.3, -0.25) is 4.98 Å². The molecule has 2 aromatic carbocycles. The third-order valence-electron chi connectivity index (χ3n) is 3.45. The number of fused-ring (bicyclic) bond motifs is 2. The summed E-state index contributed by atoms with van der Waals surface area (Å²) < 4.78 is 11.1. The van der Waals surface area contributed by atoms with E-state index in [0.29, 0.717) is 13.2 Å². The van der Waals surface area contributed by atoms with Gasteiger partial charge in [0.05, 0.1) is 11.2 Å². The molecule has 0 atom stereocenters. The number of hydrogen-bond acceptors (Lipinski definition) is 4. The third-order valence-corrected chi connectivity index (χ3v) is 3.45. The third kappa shape index (κ3) is 2.25. The SMILES string of the molecule is c1cnc2c(Nc3ccc4c(c3)OCCO4)cccc2c1. The molecule has 104 valence electrons. The van der Waals surface area contributed by atoms with E-state index >= 15 is 0 Å². The second kappa shape index (κ2) is 4.98. The first-order chi connectivity index (χ1) is 10.4. The average molecular weight is 278 g/mol. The Bertz CT molecular complexity index is 796. The van der Waals surface area contributed by atoms with Gasteiger partial charge in [-0.05, 0) is 24.3 Å². The molecule has 1 aliphatic rings. The largest absolute Gasteiger partial charge is 0.486 e. The molecule has 0 spiro atoms. The fraction of sp³-hybridized carbons (Fsp3) is 0.118. The lowest BCUT2D eigenvalue weighted by molar-refractivity contribution is 0.171. The van der Waals surface area contributed by atoms with Crippen molar-refractivity contribution in [3.63, 3.8) is 0 Å². The van der Waals surface area contributed by atoms with Crippen molar-refractivity contribution in [3.05, 3.63) is 54.7 Å². The highest BCUT2D eigenvalue weighted by Gasteiger charge is 2.12. The van der Waals surface area contributed by atoms with Gasteiger partial charge < -0.3 is 14.8 Å². The molecule has 0 bridgehead atoms. The molecule has 0 saturated heterocycles. The predicted octanol–water partition coefficient (Wildman–Crippen LogP) is 3.75. The Labute approximate surface area is 122 Å². The summed E-state index contributed by atoms with van der Waals surface area (Å²) in [6.45, 7) is 1.19. The number of ether oxygens (including phenoxy) is 2. The van der Waals surface area contributed by atoms with Crippen LogP contribution in [0.3, 0.4) is 0 Å². The number of nitrogens with zero attached hydrogens (tertiary/aromatic N) is 1. The van der Waals surface area contributed by atoms with E-state index in [1.165, 1.54) is 0 Å². The molecule has 0 unspecified atom stereocenters.